The van der Waals surface area contributed by atoms with Crippen molar-refractivity contribution in [3.8, 4) is 0 Å². The number of rotatable bonds is 1. The largest absolute Gasteiger partial charge is 1.00 e. The molecule has 0 aliphatic rings. The Bertz CT molecular complexity index is 516. The number of halogens is 9. The van der Waals surface area contributed by atoms with Crippen molar-refractivity contribution >= 4 is 79.6 Å². The molecule has 0 aliphatic heterocycles. The van der Waals surface area contributed by atoms with Gasteiger partial charge in [-0.2, -0.15) is 32.4 Å². The van der Waals surface area contributed by atoms with Crippen LogP contribution in [0.15, 0.2) is 33.7 Å². The number of aromatic nitrogens is 4. The maximum Gasteiger partial charge on any atom is 1.00 e. The molecule has 0 bridgehead atoms. The molecular weight excluding hydrogens is 675 g/mol. The SMILES string of the molecule is Brc1cn[nH]c1.C.C.FC(F)(Br)Br.FC(F)(Br)n1cc(Br)cn1.[H-].[Na+]. The molecule has 0 aliphatic carbocycles. The van der Waals surface area contributed by atoms with Crippen LogP contribution in [-0.4, -0.2) is 23.7 Å². The second-order valence-corrected chi connectivity index (χ2v) is 8.76. The van der Waals surface area contributed by atoms with Gasteiger partial charge >= 0.3 is 38.3 Å². The third-order valence-electron chi connectivity index (χ3n) is 1.28. The van der Waals surface area contributed by atoms with Crippen molar-refractivity contribution in [1.82, 2.24) is 20.0 Å². The van der Waals surface area contributed by atoms with Crippen LogP contribution in [0, 0.1) is 0 Å². The maximum absolute atomic E-state index is 12.3. The molecule has 0 radical (unpaired) electrons. The molecule has 138 valence electrons. The molecule has 2 heterocycles. The number of aromatic amines is 1. The Labute approximate surface area is 203 Å². The Morgan fingerprint density at radius 2 is 1.46 bits per heavy atom. The molecule has 0 amide bonds. The minimum atomic E-state index is -3.10. The van der Waals surface area contributed by atoms with Gasteiger partial charge < -0.3 is 1.43 Å². The summed E-state index contributed by atoms with van der Waals surface area (Å²) in [6, 6.07) is 0. The molecular formula is C10H14Br5F4N4Na. The van der Waals surface area contributed by atoms with Crippen LogP contribution in [0.4, 0.5) is 17.6 Å². The van der Waals surface area contributed by atoms with E-state index >= 15 is 0 Å². The van der Waals surface area contributed by atoms with Gasteiger partial charge in [0, 0.05) is 60.2 Å². The zero-order valence-corrected chi connectivity index (χ0v) is 20.5. The second-order valence-electron chi connectivity index (χ2n) is 2.92. The molecule has 0 unspecified atom stereocenters. The first-order chi connectivity index (χ1) is 9.39. The van der Waals surface area contributed by atoms with E-state index in [1.54, 1.807) is 12.4 Å². The van der Waals surface area contributed by atoms with Crippen molar-refractivity contribution in [2.75, 3.05) is 0 Å². The van der Waals surface area contributed by atoms with Gasteiger partial charge in [-0.15, -0.1) is 0 Å². The number of alkyl halides is 7. The van der Waals surface area contributed by atoms with Crippen molar-refractivity contribution in [3.63, 3.8) is 0 Å². The summed E-state index contributed by atoms with van der Waals surface area (Å²) in [4.78, 5) is -3.10. The van der Waals surface area contributed by atoms with E-state index in [0.717, 1.165) is 4.47 Å². The Hall–Kier alpha value is 1.54. The van der Waals surface area contributed by atoms with Gasteiger partial charge in [0.15, 0.2) is 0 Å². The van der Waals surface area contributed by atoms with Crippen LogP contribution in [0.1, 0.15) is 16.3 Å². The van der Waals surface area contributed by atoms with Crippen molar-refractivity contribution < 1.29 is 48.5 Å². The van der Waals surface area contributed by atoms with E-state index in [-0.39, 0.29) is 45.8 Å². The van der Waals surface area contributed by atoms with Gasteiger partial charge in [-0.3, -0.25) is 5.10 Å². The molecule has 2 aromatic rings. The fourth-order valence-corrected chi connectivity index (χ4v) is 1.36. The molecule has 2 aromatic heterocycles. The van der Waals surface area contributed by atoms with Crippen LogP contribution in [0.3, 0.4) is 0 Å². The van der Waals surface area contributed by atoms with Gasteiger partial charge in [0.1, 0.15) is 0 Å². The molecule has 2 rings (SSSR count). The zero-order valence-electron chi connectivity index (χ0n) is 11.6. The van der Waals surface area contributed by atoms with Gasteiger partial charge in [0.25, 0.3) is 0 Å². The van der Waals surface area contributed by atoms with E-state index in [1.165, 1.54) is 12.4 Å². The monoisotopic (exact) mass is 684 g/mol. The summed E-state index contributed by atoms with van der Waals surface area (Å²) in [5.74, 6) is 0. The molecule has 0 fully saturated rings. The van der Waals surface area contributed by atoms with E-state index in [0.29, 0.717) is 9.15 Å². The van der Waals surface area contributed by atoms with E-state index in [2.05, 4.69) is 63.1 Å². The molecule has 0 atom stereocenters. The van der Waals surface area contributed by atoms with Crippen molar-refractivity contribution in [3.05, 3.63) is 33.7 Å². The van der Waals surface area contributed by atoms with Crippen molar-refractivity contribution in [2.24, 2.45) is 0 Å². The first-order valence-corrected chi connectivity index (χ1v) is 8.53. The Morgan fingerprint density at radius 1 is 1.00 bits per heavy atom. The molecule has 14 heteroatoms. The minimum absolute atomic E-state index is 0. The van der Waals surface area contributed by atoms with Gasteiger partial charge in [-0.1, -0.05) is 14.9 Å². The summed E-state index contributed by atoms with van der Waals surface area (Å²) in [6.07, 6.45) is 5.92. The van der Waals surface area contributed by atoms with Crippen LogP contribution in [0.5, 0.6) is 0 Å². The summed E-state index contributed by atoms with van der Waals surface area (Å²) in [5, 5.41) is 9.64. The number of hydrogen-bond acceptors (Lipinski definition) is 2. The zero-order chi connectivity index (χ0) is 16.7. The van der Waals surface area contributed by atoms with Crippen LogP contribution in [0.25, 0.3) is 0 Å². The summed E-state index contributed by atoms with van der Waals surface area (Å²) in [5.41, 5.74) is 0. The molecule has 0 spiro atoms. The van der Waals surface area contributed by atoms with Gasteiger partial charge in [-0.25, -0.2) is 0 Å². The minimum Gasteiger partial charge on any atom is -1.00 e. The molecule has 24 heavy (non-hydrogen) atoms. The van der Waals surface area contributed by atoms with Crippen molar-refractivity contribution in [2.45, 2.75) is 23.6 Å². The first-order valence-electron chi connectivity index (χ1n) is 4.57. The Balaban J connectivity index is -0.0000000788. The van der Waals surface area contributed by atoms with Crippen LogP contribution < -0.4 is 29.6 Å². The van der Waals surface area contributed by atoms with Gasteiger partial charge in [-0.05, 0) is 31.9 Å². The van der Waals surface area contributed by atoms with E-state index < -0.39 is 8.70 Å². The quantitative estimate of drug-likeness (QED) is 0.274. The molecule has 1 N–H and O–H groups in total. The summed E-state index contributed by atoms with van der Waals surface area (Å²) < 4.78 is 45.4. The van der Waals surface area contributed by atoms with Crippen LogP contribution in [-0.2, 0) is 4.96 Å². The maximum atomic E-state index is 12.3. The molecule has 4 nitrogen and oxygen atoms in total. The van der Waals surface area contributed by atoms with Crippen LogP contribution in [0.2, 0.25) is 0 Å². The predicted octanol–water partition coefficient (Wildman–Crippen LogP) is 4.43. The summed E-state index contributed by atoms with van der Waals surface area (Å²) in [6.45, 7) is 0. The number of H-pyrrole nitrogens is 1. The number of nitrogens with zero attached hydrogens (tertiary/aromatic N) is 3. The smallest absolute Gasteiger partial charge is 1.00 e. The van der Waals surface area contributed by atoms with Crippen molar-refractivity contribution in [1.29, 1.82) is 0 Å². The average Bonchev–Trinajstić information content (AvgIpc) is 2.86. The van der Waals surface area contributed by atoms with Gasteiger partial charge in [0.2, 0.25) is 0 Å². The second kappa shape index (κ2) is 15.6. The van der Waals surface area contributed by atoms with E-state index in [9.17, 15) is 17.6 Å². The normalized spacial score (nSPS) is 9.71. The number of nitrogens with one attached hydrogen (secondary N) is 1. The summed E-state index contributed by atoms with van der Waals surface area (Å²) >= 11 is 12.2. The molecule has 0 saturated carbocycles. The third kappa shape index (κ3) is 21.6. The number of hydrogen-bond donors (Lipinski definition) is 1. The van der Waals surface area contributed by atoms with Crippen LogP contribution >= 0.6 is 79.6 Å². The molecule has 0 saturated heterocycles. The Kier molecular flexibility index (Phi) is 21.5. The average molecular weight is 689 g/mol. The Morgan fingerprint density at radius 3 is 1.58 bits per heavy atom. The topological polar surface area (TPSA) is 46.5 Å². The standard InChI is InChI=1S/C4H2Br2F2N2.C3H3BrN2.CBr2F2.2CH4.Na.H/c5-3-1-9-10(2-3)4(6,7)8;4-3-1-5-6-2-3;2-1(3,4)5;;;;/h1-2H;1-2H,(H,5,6);;2*1H4;;/q;;;;;+1;-1. The fourth-order valence-electron chi connectivity index (χ4n) is 0.675. The van der Waals surface area contributed by atoms with E-state index in [1.807, 2.05) is 31.9 Å². The van der Waals surface area contributed by atoms with Gasteiger partial charge in [0.05, 0.1) is 21.3 Å². The fraction of sp³-hybridized carbons (Fsp3) is 0.400. The first kappa shape index (κ1) is 33.1. The third-order valence-corrected chi connectivity index (χ3v) is 2.48. The van der Waals surface area contributed by atoms with E-state index in [4.69, 9.17) is 0 Å². The predicted molar refractivity (Wildman–Crippen MR) is 103 cm³/mol. The molecule has 0 aromatic carbocycles. The summed E-state index contributed by atoms with van der Waals surface area (Å²) in [7, 11) is 0.